The highest BCUT2D eigenvalue weighted by molar-refractivity contribution is 7.92. The standard InChI is InChI=1S/C20H18ClN3O4S/c1-29(26,27)24-18-11-15(7-9-17(18)21)20(25)23-16-8-10-19(22-12-16)28-13-14-5-3-2-4-6-14/h2-12,24H,13H2,1H3,(H,23,25). The average molecular weight is 432 g/mol. The lowest BCUT2D eigenvalue weighted by atomic mass is 10.2. The van der Waals surface area contributed by atoms with E-state index in [2.05, 4.69) is 15.0 Å². The zero-order chi connectivity index (χ0) is 20.9. The van der Waals surface area contributed by atoms with Crippen molar-refractivity contribution in [3.63, 3.8) is 0 Å². The van der Waals surface area contributed by atoms with Crippen LogP contribution in [0.25, 0.3) is 0 Å². The topological polar surface area (TPSA) is 97.4 Å². The Balaban J connectivity index is 1.64. The summed E-state index contributed by atoms with van der Waals surface area (Å²) in [6, 6.07) is 17.3. The Labute approximate surface area is 173 Å². The van der Waals surface area contributed by atoms with Crippen molar-refractivity contribution in [2.24, 2.45) is 0 Å². The maximum atomic E-state index is 12.4. The van der Waals surface area contributed by atoms with Gasteiger partial charge in [-0.25, -0.2) is 13.4 Å². The lowest BCUT2D eigenvalue weighted by Gasteiger charge is -2.10. The molecule has 0 saturated carbocycles. The fraction of sp³-hybridized carbons (Fsp3) is 0.100. The summed E-state index contributed by atoms with van der Waals surface area (Å²) in [4.78, 5) is 16.6. The van der Waals surface area contributed by atoms with Crippen molar-refractivity contribution >= 4 is 38.9 Å². The molecule has 0 aliphatic carbocycles. The van der Waals surface area contributed by atoms with E-state index in [0.29, 0.717) is 18.2 Å². The molecule has 2 aromatic carbocycles. The summed E-state index contributed by atoms with van der Waals surface area (Å²) < 4.78 is 30.7. The number of pyridine rings is 1. The van der Waals surface area contributed by atoms with E-state index in [4.69, 9.17) is 16.3 Å². The zero-order valence-electron chi connectivity index (χ0n) is 15.4. The van der Waals surface area contributed by atoms with Crippen molar-refractivity contribution in [3.05, 3.63) is 83.0 Å². The number of halogens is 1. The second kappa shape index (κ2) is 8.93. The monoisotopic (exact) mass is 431 g/mol. The molecule has 0 bridgehead atoms. The van der Waals surface area contributed by atoms with Gasteiger partial charge in [0.2, 0.25) is 15.9 Å². The van der Waals surface area contributed by atoms with Gasteiger partial charge in [-0.2, -0.15) is 0 Å². The molecule has 3 rings (SSSR count). The summed E-state index contributed by atoms with van der Waals surface area (Å²) in [7, 11) is -3.52. The van der Waals surface area contributed by atoms with Crippen molar-refractivity contribution in [3.8, 4) is 5.88 Å². The number of rotatable bonds is 7. The molecule has 150 valence electrons. The number of anilines is 2. The van der Waals surface area contributed by atoms with E-state index in [0.717, 1.165) is 11.8 Å². The molecule has 0 unspecified atom stereocenters. The van der Waals surface area contributed by atoms with Gasteiger partial charge in [-0.3, -0.25) is 9.52 Å². The van der Waals surface area contributed by atoms with E-state index in [-0.39, 0.29) is 16.3 Å². The summed E-state index contributed by atoms with van der Waals surface area (Å²) in [5.41, 5.74) is 1.86. The molecule has 0 aliphatic heterocycles. The van der Waals surface area contributed by atoms with Crippen molar-refractivity contribution in [1.82, 2.24) is 4.98 Å². The molecular formula is C20H18ClN3O4S. The molecule has 29 heavy (non-hydrogen) atoms. The van der Waals surface area contributed by atoms with Crippen LogP contribution in [-0.4, -0.2) is 25.6 Å². The minimum Gasteiger partial charge on any atom is -0.473 e. The first-order chi connectivity index (χ1) is 13.8. The maximum Gasteiger partial charge on any atom is 0.255 e. The Kier molecular flexibility index (Phi) is 6.36. The summed E-state index contributed by atoms with van der Waals surface area (Å²) in [5, 5.41) is 2.88. The zero-order valence-corrected chi connectivity index (χ0v) is 17.0. The van der Waals surface area contributed by atoms with E-state index in [1.54, 1.807) is 12.1 Å². The number of hydrogen-bond acceptors (Lipinski definition) is 5. The summed E-state index contributed by atoms with van der Waals surface area (Å²) in [6.07, 6.45) is 2.48. The van der Waals surface area contributed by atoms with Gasteiger partial charge >= 0.3 is 0 Å². The van der Waals surface area contributed by atoms with E-state index < -0.39 is 15.9 Å². The fourth-order valence-corrected chi connectivity index (χ4v) is 3.21. The first kappa shape index (κ1) is 20.6. The number of benzene rings is 2. The highest BCUT2D eigenvalue weighted by atomic mass is 35.5. The Hall–Kier alpha value is -3.10. The van der Waals surface area contributed by atoms with Crippen molar-refractivity contribution in [2.75, 3.05) is 16.3 Å². The number of hydrogen-bond donors (Lipinski definition) is 2. The van der Waals surface area contributed by atoms with E-state index >= 15 is 0 Å². The fourth-order valence-electron chi connectivity index (χ4n) is 2.42. The number of sulfonamides is 1. The van der Waals surface area contributed by atoms with Gasteiger partial charge in [-0.15, -0.1) is 0 Å². The van der Waals surface area contributed by atoms with Crippen LogP contribution in [0.15, 0.2) is 66.9 Å². The van der Waals surface area contributed by atoms with Gasteiger partial charge in [-0.1, -0.05) is 41.9 Å². The van der Waals surface area contributed by atoms with Gasteiger partial charge in [0, 0.05) is 11.6 Å². The minimum atomic E-state index is -3.52. The predicted octanol–water partition coefficient (Wildman–Crippen LogP) is 3.94. The van der Waals surface area contributed by atoms with E-state index in [1.807, 2.05) is 30.3 Å². The van der Waals surface area contributed by atoms with Crippen LogP contribution in [0.2, 0.25) is 5.02 Å². The van der Waals surface area contributed by atoms with Gasteiger partial charge in [0.25, 0.3) is 5.91 Å². The van der Waals surface area contributed by atoms with Gasteiger partial charge in [0.15, 0.2) is 0 Å². The largest absolute Gasteiger partial charge is 0.473 e. The normalized spacial score (nSPS) is 11.0. The Morgan fingerprint density at radius 3 is 2.52 bits per heavy atom. The van der Waals surface area contributed by atoms with Crippen LogP contribution >= 0.6 is 11.6 Å². The van der Waals surface area contributed by atoms with Crippen LogP contribution < -0.4 is 14.8 Å². The smallest absolute Gasteiger partial charge is 0.255 e. The lowest BCUT2D eigenvalue weighted by molar-refractivity contribution is 0.102. The molecule has 0 aliphatic rings. The second-order valence-corrected chi connectivity index (χ2v) is 8.34. The molecule has 1 heterocycles. The molecule has 0 radical (unpaired) electrons. The van der Waals surface area contributed by atoms with Crippen LogP contribution in [0.1, 0.15) is 15.9 Å². The number of aromatic nitrogens is 1. The SMILES string of the molecule is CS(=O)(=O)Nc1cc(C(=O)Nc2ccc(OCc3ccccc3)nc2)ccc1Cl. The highest BCUT2D eigenvalue weighted by Gasteiger charge is 2.12. The number of amides is 1. The molecule has 0 fully saturated rings. The minimum absolute atomic E-state index is 0.129. The molecule has 1 amide bonds. The van der Waals surface area contributed by atoms with Crippen molar-refractivity contribution < 1.29 is 17.9 Å². The van der Waals surface area contributed by atoms with Crippen LogP contribution in [-0.2, 0) is 16.6 Å². The number of carbonyl (C=O) groups is 1. The van der Waals surface area contributed by atoms with E-state index in [9.17, 15) is 13.2 Å². The molecule has 0 atom stereocenters. The van der Waals surface area contributed by atoms with Crippen molar-refractivity contribution in [2.45, 2.75) is 6.61 Å². The summed E-state index contributed by atoms with van der Waals surface area (Å²) in [5.74, 6) is -0.00375. The summed E-state index contributed by atoms with van der Waals surface area (Å²) in [6.45, 7) is 0.389. The number of ether oxygens (including phenoxy) is 1. The third-order valence-corrected chi connectivity index (χ3v) is 4.67. The molecule has 2 N–H and O–H groups in total. The first-order valence-electron chi connectivity index (χ1n) is 8.52. The number of carbonyl (C=O) groups excluding carboxylic acids is 1. The lowest BCUT2D eigenvalue weighted by Crippen LogP contribution is -2.14. The quantitative estimate of drug-likeness (QED) is 0.590. The van der Waals surface area contributed by atoms with E-state index in [1.165, 1.54) is 24.4 Å². The highest BCUT2D eigenvalue weighted by Crippen LogP contribution is 2.24. The van der Waals surface area contributed by atoms with Gasteiger partial charge in [-0.05, 0) is 29.8 Å². The molecule has 0 saturated heterocycles. The Morgan fingerprint density at radius 1 is 1.10 bits per heavy atom. The maximum absolute atomic E-state index is 12.4. The predicted molar refractivity (Wildman–Crippen MR) is 113 cm³/mol. The second-order valence-electron chi connectivity index (χ2n) is 6.18. The van der Waals surface area contributed by atoms with Crippen LogP contribution in [0.5, 0.6) is 5.88 Å². The molecule has 0 spiro atoms. The van der Waals surface area contributed by atoms with Gasteiger partial charge in [0.1, 0.15) is 6.61 Å². The molecule has 9 heteroatoms. The summed E-state index contributed by atoms with van der Waals surface area (Å²) >= 11 is 5.98. The third kappa shape index (κ3) is 6.20. The van der Waals surface area contributed by atoms with Crippen LogP contribution in [0, 0.1) is 0 Å². The number of nitrogens with zero attached hydrogens (tertiary/aromatic N) is 1. The third-order valence-electron chi connectivity index (χ3n) is 3.75. The number of nitrogens with one attached hydrogen (secondary N) is 2. The molecule has 1 aromatic heterocycles. The average Bonchev–Trinajstić information content (AvgIpc) is 2.69. The van der Waals surface area contributed by atoms with Gasteiger partial charge in [0.05, 0.1) is 28.9 Å². The van der Waals surface area contributed by atoms with Crippen molar-refractivity contribution in [1.29, 1.82) is 0 Å². The molecular weight excluding hydrogens is 414 g/mol. The Bertz CT molecular complexity index is 1100. The first-order valence-corrected chi connectivity index (χ1v) is 10.8. The Morgan fingerprint density at radius 2 is 1.86 bits per heavy atom. The van der Waals surface area contributed by atoms with Crippen LogP contribution in [0.4, 0.5) is 11.4 Å². The van der Waals surface area contributed by atoms with Crippen LogP contribution in [0.3, 0.4) is 0 Å². The molecule has 7 nitrogen and oxygen atoms in total. The molecule has 3 aromatic rings. The van der Waals surface area contributed by atoms with Gasteiger partial charge < -0.3 is 10.1 Å².